The summed E-state index contributed by atoms with van der Waals surface area (Å²) in [6.45, 7) is -0.535. The number of hydrogen-bond donors (Lipinski definition) is 2. The van der Waals surface area contributed by atoms with E-state index < -0.39 is 28.5 Å². The van der Waals surface area contributed by atoms with Crippen molar-refractivity contribution in [1.82, 2.24) is 4.72 Å². The van der Waals surface area contributed by atoms with Crippen molar-refractivity contribution in [3.63, 3.8) is 0 Å². The van der Waals surface area contributed by atoms with E-state index in [0.717, 1.165) is 6.07 Å². The van der Waals surface area contributed by atoms with Crippen LogP contribution in [0.2, 0.25) is 5.02 Å². The average Bonchev–Trinajstić information content (AvgIpc) is 2.60. The molecule has 1 amide bonds. The van der Waals surface area contributed by atoms with Crippen molar-refractivity contribution in [3.8, 4) is 0 Å². The van der Waals surface area contributed by atoms with Gasteiger partial charge < -0.3 is 10.1 Å². The molecule has 132 valence electrons. The van der Waals surface area contributed by atoms with Gasteiger partial charge in [0.1, 0.15) is 0 Å². The Morgan fingerprint density at radius 3 is 2.44 bits per heavy atom. The lowest BCUT2D eigenvalue weighted by atomic mass is 10.2. The minimum Gasteiger partial charge on any atom is -0.452 e. The van der Waals surface area contributed by atoms with Gasteiger partial charge in [0.05, 0.1) is 15.5 Å². The van der Waals surface area contributed by atoms with Crippen LogP contribution in [0.5, 0.6) is 0 Å². The molecule has 0 bridgehead atoms. The van der Waals surface area contributed by atoms with Gasteiger partial charge >= 0.3 is 5.97 Å². The van der Waals surface area contributed by atoms with Crippen LogP contribution in [0.15, 0.2) is 53.4 Å². The van der Waals surface area contributed by atoms with Crippen molar-refractivity contribution in [2.24, 2.45) is 0 Å². The van der Waals surface area contributed by atoms with Crippen molar-refractivity contribution in [3.05, 3.63) is 59.1 Å². The summed E-state index contributed by atoms with van der Waals surface area (Å²) in [6.07, 6.45) is 0. The molecule has 0 aliphatic carbocycles. The molecule has 0 unspecified atom stereocenters. The van der Waals surface area contributed by atoms with E-state index in [1.54, 1.807) is 30.3 Å². The van der Waals surface area contributed by atoms with Crippen LogP contribution < -0.4 is 10.0 Å². The molecule has 2 aromatic rings. The summed E-state index contributed by atoms with van der Waals surface area (Å²) in [4.78, 5) is 23.7. The molecule has 0 fully saturated rings. The second-order valence-electron chi connectivity index (χ2n) is 4.84. The number of para-hydroxylation sites is 1. The van der Waals surface area contributed by atoms with Crippen LogP contribution in [0.1, 0.15) is 10.4 Å². The predicted octanol–water partition coefficient (Wildman–Crippen LogP) is 2.04. The molecule has 0 heterocycles. The van der Waals surface area contributed by atoms with Crippen LogP contribution >= 0.6 is 11.6 Å². The molecule has 0 saturated heterocycles. The molecule has 9 heteroatoms. The van der Waals surface area contributed by atoms with Crippen molar-refractivity contribution < 1.29 is 22.7 Å². The highest BCUT2D eigenvalue weighted by Crippen LogP contribution is 2.21. The first kappa shape index (κ1) is 18.9. The summed E-state index contributed by atoms with van der Waals surface area (Å²) in [5, 5.41) is 2.57. The van der Waals surface area contributed by atoms with Crippen LogP contribution in [-0.2, 0) is 19.6 Å². The first-order chi connectivity index (χ1) is 11.8. The minimum atomic E-state index is -3.74. The molecule has 7 nitrogen and oxygen atoms in total. The number of rotatable bonds is 6. The van der Waals surface area contributed by atoms with Crippen molar-refractivity contribution >= 4 is 39.2 Å². The molecule has 0 radical (unpaired) electrons. The number of esters is 1. The van der Waals surface area contributed by atoms with Gasteiger partial charge in [-0.15, -0.1) is 0 Å². The normalized spacial score (nSPS) is 11.0. The third kappa shape index (κ3) is 5.02. The number of nitrogens with one attached hydrogen (secondary N) is 2. The number of carbonyl (C=O) groups excluding carboxylic acids is 2. The van der Waals surface area contributed by atoms with Crippen LogP contribution in [0.4, 0.5) is 5.69 Å². The van der Waals surface area contributed by atoms with Gasteiger partial charge in [-0.3, -0.25) is 4.79 Å². The van der Waals surface area contributed by atoms with Crippen molar-refractivity contribution in [1.29, 1.82) is 0 Å². The van der Waals surface area contributed by atoms with E-state index in [1.165, 1.54) is 19.2 Å². The Morgan fingerprint density at radius 2 is 1.80 bits per heavy atom. The standard InChI is InChI=1S/C16H15ClN2O5S/c1-18-25(22,23)12-7-8-14(17)13(9-12)16(21)24-10-15(20)19-11-5-3-2-4-6-11/h2-9,18H,10H2,1H3,(H,19,20). The molecule has 0 spiro atoms. The molecular weight excluding hydrogens is 368 g/mol. The summed E-state index contributed by atoms with van der Waals surface area (Å²) in [7, 11) is -2.49. The van der Waals surface area contributed by atoms with Gasteiger partial charge in [0.2, 0.25) is 10.0 Å². The maximum atomic E-state index is 12.1. The monoisotopic (exact) mass is 382 g/mol. The molecule has 2 N–H and O–H groups in total. The van der Waals surface area contributed by atoms with Gasteiger partial charge in [-0.1, -0.05) is 29.8 Å². The quantitative estimate of drug-likeness (QED) is 0.744. The van der Waals surface area contributed by atoms with E-state index in [0.29, 0.717) is 5.69 Å². The Balaban J connectivity index is 2.05. The number of amides is 1. The first-order valence-corrected chi connectivity index (χ1v) is 8.95. The van der Waals surface area contributed by atoms with E-state index in [2.05, 4.69) is 10.0 Å². The maximum absolute atomic E-state index is 12.1. The van der Waals surface area contributed by atoms with Gasteiger partial charge in [0, 0.05) is 5.69 Å². The Hall–Kier alpha value is -2.42. The Labute approximate surface area is 150 Å². The summed E-state index contributed by atoms with van der Waals surface area (Å²) in [6, 6.07) is 12.3. The second kappa shape index (κ2) is 8.11. The number of carbonyl (C=O) groups is 2. The summed E-state index contributed by atoms with van der Waals surface area (Å²) >= 11 is 5.91. The van der Waals surface area contributed by atoms with E-state index in [9.17, 15) is 18.0 Å². The lowest BCUT2D eigenvalue weighted by Crippen LogP contribution is -2.22. The molecular formula is C16H15ClN2O5S. The van der Waals surface area contributed by atoms with E-state index in [1.807, 2.05) is 0 Å². The van der Waals surface area contributed by atoms with Gasteiger partial charge in [0.25, 0.3) is 5.91 Å². The zero-order valence-corrected chi connectivity index (χ0v) is 14.7. The Kier molecular flexibility index (Phi) is 6.13. The SMILES string of the molecule is CNS(=O)(=O)c1ccc(Cl)c(C(=O)OCC(=O)Nc2ccccc2)c1. The highest BCUT2D eigenvalue weighted by molar-refractivity contribution is 7.89. The molecule has 0 aromatic heterocycles. The minimum absolute atomic E-state index is 0.0171. The zero-order valence-electron chi connectivity index (χ0n) is 13.2. The van der Waals surface area contributed by atoms with Crippen LogP contribution in [0.25, 0.3) is 0 Å². The van der Waals surface area contributed by atoms with Crippen molar-refractivity contribution in [2.75, 3.05) is 19.0 Å². The average molecular weight is 383 g/mol. The van der Waals surface area contributed by atoms with E-state index in [-0.39, 0.29) is 15.5 Å². The molecule has 0 aliphatic heterocycles. The highest BCUT2D eigenvalue weighted by Gasteiger charge is 2.19. The number of hydrogen-bond acceptors (Lipinski definition) is 5. The van der Waals surface area contributed by atoms with Crippen LogP contribution in [0.3, 0.4) is 0 Å². The van der Waals surface area contributed by atoms with Crippen molar-refractivity contribution in [2.45, 2.75) is 4.90 Å². The topological polar surface area (TPSA) is 102 Å². The van der Waals surface area contributed by atoms with Gasteiger partial charge in [-0.2, -0.15) is 0 Å². The van der Waals surface area contributed by atoms with Crippen LogP contribution in [-0.4, -0.2) is 33.9 Å². The summed E-state index contributed by atoms with van der Waals surface area (Å²) in [5.74, 6) is -1.43. The summed E-state index contributed by atoms with van der Waals surface area (Å²) < 4.78 is 30.6. The second-order valence-corrected chi connectivity index (χ2v) is 7.13. The van der Waals surface area contributed by atoms with Crippen LogP contribution in [0, 0.1) is 0 Å². The number of ether oxygens (including phenoxy) is 1. The fraction of sp³-hybridized carbons (Fsp3) is 0.125. The lowest BCUT2D eigenvalue weighted by Gasteiger charge is -2.09. The number of benzene rings is 2. The largest absolute Gasteiger partial charge is 0.452 e. The highest BCUT2D eigenvalue weighted by atomic mass is 35.5. The van der Waals surface area contributed by atoms with E-state index >= 15 is 0 Å². The maximum Gasteiger partial charge on any atom is 0.340 e. The Bertz CT molecular complexity index is 885. The zero-order chi connectivity index (χ0) is 18.4. The van der Waals surface area contributed by atoms with E-state index in [4.69, 9.17) is 16.3 Å². The molecule has 0 atom stereocenters. The smallest absolute Gasteiger partial charge is 0.340 e. The molecule has 2 aromatic carbocycles. The van der Waals surface area contributed by atoms with Gasteiger partial charge in [-0.25, -0.2) is 17.9 Å². The fourth-order valence-electron chi connectivity index (χ4n) is 1.87. The predicted molar refractivity (Wildman–Crippen MR) is 93.1 cm³/mol. The number of anilines is 1. The first-order valence-electron chi connectivity index (χ1n) is 7.08. The fourth-order valence-corrected chi connectivity index (χ4v) is 2.82. The Morgan fingerprint density at radius 1 is 1.12 bits per heavy atom. The summed E-state index contributed by atoms with van der Waals surface area (Å²) in [5.41, 5.74) is 0.411. The number of sulfonamides is 1. The molecule has 0 aliphatic rings. The third-order valence-electron chi connectivity index (χ3n) is 3.13. The molecule has 0 saturated carbocycles. The van der Waals surface area contributed by atoms with Gasteiger partial charge in [0.15, 0.2) is 6.61 Å². The molecule has 2 rings (SSSR count). The lowest BCUT2D eigenvalue weighted by molar-refractivity contribution is -0.119. The molecule has 25 heavy (non-hydrogen) atoms. The number of halogens is 1. The third-order valence-corrected chi connectivity index (χ3v) is 4.87. The van der Waals surface area contributed by atoms with Gasteiger partial charge in [-0.05, 0) is 37.4 Å².